The van der Waals surface area contributed by atoms with E-state index < -0.39 is 15.9 Å². The molecule has 29 heavy (non-hydrogen) atoms. The molecular formula is C19H20N4O4S2. The van der Waals surface area contributed by atoms with E-state index in [0.29, 0.717) is 31.7 Å². The molecule has 1 N–H and O–H groups in total. The van der Waals surface area contributed by atoms with E-state index in [4.69, 9.17) is 4.42 Å². The summed E-state index contributed by atoms with van der Waals surface area (Å²) in [5.74, 6) is -0.376. The molecular weight excluding hydrogens is 412 g/mol. The Hall–Kier alpha value is -2.56. The monoisotopic (exact) mass is 432 g/mol. The maximum absolute atomic E-state index is 12.8. The minimum atomic E-state index is -3.62. The SMILES string of the molecule is O=C(Nc1nnc(Cc2cccs2)o1)[C@@H]1CCCN(S(=O)(=O)c2ccccc2)C1. The number of carbonyl (C=O) groups excluding carboxylic acids is 1. The third-order valence-corrected chi connectivity index (χ3v) is 7.49. The van der Waals surface area contributed by atoms with E-state index in [1.807, 2.05) is 17.5 Å². The Morgan fingerprint density at radius 2 is 2.03 bits per heavy atom. The number of rotatable bonds is 6. The van der Waals surface area contributed by atoms with Gasteiger partial charge in [0.25, 0.3) is 0 Å². The zero-order chi connectivity index (χ0) is 20.3. The van der Waals surface area contributed by atoms with Crippen molar-refractivity contribution in [1.82, 2.24) is 14.5 Å². The number of nitrogens with zero attached hydrogens (tertiary/aromatic N) is 3. The van der Waals surface area contributed by atoms with Gasteiger partial charge in [0.1, 0.15) is 0 Å². The van der Waals surface area contributed by atoms with E-state index in [-0.39, 0.29) is 23.4 Å². The highest BCUT2D eigenvalue weighted by Crippen LogP contribution is 2.25. The lowest BCUT2D eigenvalue weighted by molar-refractivity contribution is -0.121. The molecule has 0 aliphatic carbocycles. The van der Waals surface area contributed by atoms with Crippen LogP contribution in [0.4, 0.5) is 6.01 Å². The molecule has 2 aromatic heterocycles. The highest BCUT2D eigenvalue weighted by atomic mass is 32.2. The van der Waals surface area contributed by atoms with E-state index in [0.717, 1.165) is 4.88 Å². The second-order valence-electron chi connectivity index (χ2n) is 6.76. The van der Waals surface area contributed by atoms with Crippen molar-refractivity contribution < 1.29 is 17.6 Å². The van der Waals surface area contributed by atoms with Crippen LogP contribution in [0.15, 0.2) is 57.2 Å². The number of thiophene rings is 1. The third-order valence-electron chi connectivity index (χ3n) is 4.74. The van der Waals surface area contributed by atoms with Crippen LogP contribution in [0.25, 0.3) is 0 Å². The van der Waals surface area contributed by atoms with Gasteiger partial charge < -0.3 is 4.42 Å². The number of hydrogen-bond donors (Lipinski definition) is 1. The van der Waals surface area contributed by atoms with Crippen molar-refractivity contribution in [3.63, 3.8) is 0 Å². The lowest BCUT2D eigenvalue weighted by atomic mass is 9.99. The fourth-order valence-corrected chi connectivity index (χ4v) is 5.50. The summed E-state index contributed by atoms with van der Waals surface area (Å²) in [6.07, 6.45) is 1.72. The zero-order valence-electron chi connectivity index (χ0n) is 15.5. The van der Waals surface area contributed by atoms with E-state index in [1.54, 1.807) is 41.7 Å². The molecule has 3 aromatic rings. The first-order valence-electron chi connectivity index (χ1n) is 9.23. The quantitative estimate of drug-likeness (QED) is 0.642. The van der Waals surface area contributed by atoms with Gasteiger partial charge in [-0.15, -0.1) is 16.4 Å². The first kappa shape index (κ1) is 19.7. The van der Waals surface area contributed by atoms with Gasteiger partial charge in [0.2, 0.25) is 21.8 Å². The van der Waals surface area contributed by atoms with Crippen LogP contribution in [0, 0.1) is 5.92 Å². The average Bonchev–Trinajstić information content (AvgIpc) is 3.41. The Bertz CT molecular complexity index is 1060. The van der Waals surface area contributed by atoms with Gasteiger partial charge in [-0.3, -0.25) is 10.1 Å². The molecule has 8 nitrogen and oxygen atoms in total. The minimum Gasteiger partial charge on any atom is -0.407 e. The van der Waals surface area contributed by atoms with Gasteiger partial charge >= 0.3 is 6.01 Å². The normalized spacial score (nSPS) is 17.9. The molecule has 10 heteroatoms. The third kappa shape index (κ3) is 4.55. The molecule has 0 radical (unpaired) electrons. The van der Waals surface area contributed by atoms with Crippen LogP contribution >= 0.6 is 11.3 Å². The van der Waals surface area contributed by atoms with Crippen molar-refractivity contribution in [2.75, 3.05) is 18.4 Å². The first-order chi connectivity index (χ1) is 14.0. The number of amides is 1. The molecule has 1 aliphatic heterocycles. The average molecular weight is 433 g/mol. The number of nitrogens with one attached hydrogen (secondary N) is 1. The van der Waals surface area contributed by atoms with Crippen molar-refractivity contribution in [3.05, 3.63) is 58.6 Å². The smallest absolute Gasteiger partial charge is 0.322 e. The first-order valence-corrected chi connectivity index (χ1v) is 11.5. The molecule has 1 aliphatic rings. The van der Waals surface area contributed by atoms with E-state index in [1.165, 1.54) is 4.31 Å². The van der Waals surface area contributed by atoms with Crippen molar-refractivity contribution in [1.29, 1.82) is 0 Å². The molecule has 0 saturated carbocycles. The Balaban J connectivity index is 1.40. The number of anilines is 1. The van der Waals surface area contributed by atoms with Crippen molar-refractivity contribution in [2.45, 2.75) is 24.2 Å². The fraction of sp³-hybridized carbons (Fsp3) is 0.316. The fourth-order valence-electron chi connectivity index (χ4n) is 3.26. The molecule has 0 bridgehead atoms. The molecule has 1 aromatic carbocycles. The van der Waals surface area contributed by atoms with Crippen LogP contribution in [0.5, 0.6) is 0 Å². The highest BCUT2D eigenvalue weighted by molar-refractivity contribution is 7.89. The molecule has 0 unspecified atom stereocenters. The molecule has 1 amide bonds. The van der Waals surface area contributed by atoms with Crippen molar-refractivity contribution in [2.24, 2.45) is 5.92 Å². The molecule has 1 atom stereocenters. The van der Waals surface area contributed by atoms with Crippen LogP contribution in [0.3, 0.4) is 0 Å². The van der Waals surface area contributed by atoms with Crippen LogP contribution in [0.1, 0.15) is 23.6 Å². The zero-order valence-corrected chi connectivity index (χ0v) is 17.2. The summed E-state index contributed by atoms with van der Waals surface area (Å²) in [4.78, 5) is 14.0. The number of piperidine rings is 1. The molecule has 4 rings (SSSR count). The maximum atomic E-state index is 12.8. The van der Waals surface area contributed by atoms with E-state index in [2.05, 4.69) is 15.5 Å². The number of aromatic nitrogens is 2. The largest absolute Gasteiger partial charge is 0.407 e. The molecule has 3 heterocycles. The van der Waals surface area contributed by atoms with Crippen molar-refractivity contribution >= 4 is 33.3 Å². The van der Waals surface area contributed by atoms with Crippen LogP contribution < -0.4 is 5.32 Å². The molecule has 152 valence electrons. The molecule has 0 spiro atoms. The Kier molecular flexibility index (Phi) is 5.74. The Morgan fingerprint density at radius 1 is 1.21 bits per heavy atom. The molecule has 1 saturated heterocycles. The van der Waals surface area contributed by atoms with Gasteiger partial charge in [-0.25, -0.2) is 8.42 Å². The summed E-state index contributed by atoms with van der Waals surface area (Å²) in [6.45, 7) is 0.520. The summed E-state index contributed by atoms with van der Waals surface area (Å²) in [5.41, 5.74) is 0. The number of sulfonamides is 1. The standard InChI is InChI=1S/C19H20N4O4S2/c24-18(20-19-22-21-17(27-19)12-15-7-5-11-28-15)14-6-4-10-23(13-14)29(25,26)16-8-2-1-3-9-16/h1-3,5,7-9,11,14H,4,6,10,12-13H2,(H,20,22,24)/t14-/m1/s1. The van der Waals surface area contributed by atoms with Crippen LogP contribution in [0.2, 0.25) is 0 Å². The lowest BCUT2D eigenvalue weighted by Crippen LogP contribution is -2.43. The second kappa shape index (κ2) is 8.44. The topological polar surface area (TPSA) is 105 Å². The summed E-state index contributed by atoms with van der Waals surface area (Å²) in [7, 11) is -3.62. The number of carbonyl (C=O) groups is 1. The van der Waals surface area contributed by atoms with Gasteiger partial charge in [0, 0.05) is 18.0 Å². The van der Waals surface area contributed by atoms with Gasteiger partial charge in [0.05, 0.1) is 17.2 Å². The van der Waals surface area contributed by atoms with Crippen LogP contribution in [-0.2, 0) is 21.2 Å². The summed E-state index contributed by atoms with van der Waals surface area (Å²) < 4.78 is 32.5. The van der Waals surface area contributed by atoms with Crippen molar-refractivity contribution in [3.8, 4) is 0 Å². The predicted octanol–water partition coefficient (Wildman–Crippen LogP) is 2.76. The molecule has 1 fully saturated rings. The lowest BCUT2D eigenvalue weighted by Gasteiger charge is -2.30. The summed E-state index contributed by atoms with van der Waals surface area (Å²) in [6, 6.07) is 12.2. The van der Waals surface area contributed by atoms with Crippen LogP contribution in [-0.4, -0.2) is 41.9 Å². The second-order valence-corrected chi connectivity index (χ2v) is 9.73. The summed E-state index contributed by atoms with van der Waals surface area (Å²) >= 11 is 1.59. The predicted molar refractivity (Wildman–Crippen MR) is 108 cm³/mol. The summed E-state index contributed by atoms with van der Waals surface area (Å²) in [5, 5.41) is 12.4. The van der Waals surface area contributed by atoms with Gasteiger partial charge in [-0.1, -0.05) is 29.4 Å². The van der Waals surface area contributed by atoms with Gasteiger partial charge in [-0.05, 0) is 36.4 Å². The number of hydrogen-bond acceptors (Lipinski definition) is 7. The van der Waals surface area contributed by atoms with E-state index in [9.17, 15) is 13.2 Å². The Labute approximate surface area is 172 Å². The Morgan fingerprint density at radius 3 is 2.79 bits per heavy atom. The number of benzene rings is 1. The minimum absolute atomic E-state index is 0.0320. The maximum Gasteiger partial charge on any atom is 0.322 e. The van der Waals surface area contributed by atoms with E-state index >= 15 is 0 Å². The van der Waals surface area contributed by atoms with Gasteiger partial charge in [0.15, 0.2) is 0 Å². The van der Waals surface area contributed by atoms with Gasteiger partial charge in [-0.2, -0.15) is 4.31 Å². The highest BCUT2D eigenvalue weighted by Gasteiger charge is 2.33.